The number of para-hydroxylation sites is 1. The Kier molecular flexibility index (Phi) is 4.28. The van der Waals surface area contributed by atoms with Crippen LogP contribution in [0.2, 0.25) is 0 Å². The molecule has 1 unspecified atom stereocenters. The first kappa shape index (κ1) is 14.2. The zero-order valence-corrected chi connectivity index (χ0v) is 12.2. The zero-order valence-electron chi connectivity index (χ0n) is 12.2. The van der Waals surface area contributed by atoms with Gasteiger partial charge < -0.3 is 15.8 Å². The molecule has 2 aromatic rings. The molecule has 1 saturated heterocycles. The predicted molar refractivity (Wildman–Crippen MR) is 82.9 cm³/mol. The van der Waals surface area contributed by atoms with E-state index in [9.17, 15) is 0 Å². The Morgan fingerprint density at radius 2 is 2.24 bits per heavy atom. The Morgan fingerprint density at radius 3 is 3.05 bits per heavy atom. The van der Waals surface area contributed by atoms with Gasteiger partial charge in [0.25, 0.3) is 0 Å². The van der Waals surface area contributed by atoms with Crippen molar-refractivity contribution in [1.82, 2.24) is 20.2 Å². The van der Waals surface area contributed by atoms with Crippen molar-refractivity contribution in [2.45, 2.75) is 12.6 Å². The van der Waals surface area contributed by atoms with Gasteiger partial charge in [-0.15, -0.1) is 0 Å². The quantitative estimate of drug-likeness (QED) is 0.859. The van der Waals surface area contributed by atoms with Gasteiger partial charge in [-0.05, 0) is 19.2 Å². The number of nitrogens with one attached hydrogen (secondary N) is 1. The highest BCUT2D eigenvalue weighted by Crippen LogP contribution is 2.17. The molecule has 1 aromatic heterocycles. The Bertz CT molecular complexity index is 612. The van der Waals surface area contributed by atoms with Crippen molar-refractivity contribution in [3.05, 3.63) is 30.1 Å². The number of anilines is 1. The van der Waals surface area contributed by atoms with Crippen molar-refractivity contribution in [2.75, 3.05) is 39.0 Å². The molecule has 0 radical (unpaired) electrons. The van der Waals surface area contributed by atoms with Crippen LogP contribution in [0.1, 0.15) is 5.82 Å². The molecule has 0 saturated carbocycles. The summed E-state index contributed by atoms with van der Waals surface area (Å²) in [5.41, 5.74) is 6.91. The molecule has 1 aromatic carbocycles. The molecule has 6 heteroatoms. The molecule has 1 aliphatic rings. The number of morpholine rings is 1. The average Bonchev–Trinajstić information content (AvgIpc) is 2.48. The topological polar surface area (TPSA) is 76.3 Å². The number of likely N-dealkylation sites (N-methyl/N-ethyl adjacent to an activating group) is 1. The molecule has 3 N–H and O–H groups in total. The third kappa shape index (κ3) is 3.47. The lowest BCUT2D eigenvalue weighted by molar-refractivity contribution is 0.00851. The fourth-order valence-corrected chi connectivity index (χ4v) is 2.61. The van der Waals surface area contributed by atoms with E-state index in [0.29, 0.717) is 12.4 Å². The molecule has 1 atom stereocenters. The van der Waals surface area contributed by atoms with Crippen LogP contribution in [0.15, 0.2) is 24.3 Å². The summed E-state index contributed by atoms with van der Waals surface area (Å²) in [7, 11) is 2.05. The lowest BCUT2D eigenvalue weighted by atomic mass is 10.2. The van der Waals surface area contributed by atoms with Crippen LogP contribution in [0.25, 0.3) is 10.9 Å². The standard InChI is InChI=1S/C15H21N5O/c1-20(9-11-8-17-6-7-21-11)10-14-18-13-5-3-2-4-12(13)15(16)19-14/h2-5,11,17H,6-10H2,1H3,(H2,16,18,19). The number of nitrogens with two attached hydrogens (primary N) is 1. The van der Waals surface area contributed by atoms with E-state index in [1.54, 1.807) is 0 Å². The number of hydrogen-bond acceptors (Lipinski definition) is 6. The molecule has 3 rings (SSSR count). The molecule has 0 amide bonds. The molecule has 0 spiro atoms. The number of fused-ring (bicyclic) bond motifs is 1. The normalized spacial score (nSPS) is 19.2. The second-order valence-electron chi connectivity index (χ2n) is 5.44. The summed E-state index contributed by atoms with van der Waals surface area (Å²) in [5, 5.41) is 4.24. The van der Waals surface area contributed by atoms with Crippen molar-refractivity contribution in [3.63, 3.8) is 0 Å². The van der Waals surface area contributed by atoms with Crippen LogP contribution < -0.4 is 11.1 Å². The maximum atomic E-state index is 6.01. The average molecular weight is 287 g/mol. The fraction of sp³-hybridized carbons (Fsp3) is 0.467. The summed E-state index contributed by atoms with van der Waals surface area (Å²) in [4.78, 5) is 11.2. The summed E-state index contributed by atoms with van der Waals surface area (Å²) < 4.78 is 5.71. The van der Waals surface area contributed by atoms with Gasteiger partial charge in [0.2, 0.25) is 0 Å². The Hall–Kier alpha value is -1.76. The largest absolute Gasteiger partial charge is 0.383 e. The molecular weight excluding hydrogens is 266 g/mol. The molecular formula is C15H21N5O. The first-order valence-electron chi connectivity index (χ1n) is 7.24. The summed E-state index contributed by atoms with van der Waals surface area (Å²) >= 11 is 0. The molecule has 112 valence electrons. The van der Waals surface area contributed by atoms with Crippen LogP contribution in [0.4, 0.5) is 5.82 Å². The molecule has 2 heterocycles. The van der Waals surface area contributed by atoms with Crippen LogP contribution in [0, 0.1) is 0 Å². The van der Waals surface area contributed by atoms with Crippen LogP contribution in [0.5, 0.6) is 0 Å². The molecule has 1 fully saturated rings. The predicted octanol–water partition coefficient (Wildman–Crippen LogP) is 0.632. The Morgan fingerprint density at radius 1 is 1.38 bits per heavy atom. The zero-order chi connectivity index (χ0) is 14.7. The number of aromatic nitrogens is 2. The first-order valence-corrected chi connectivity index (χ1v) is 7.24. The summed E-state index contributed by atoms with van der Waals surface area (Å²) in [6.45, 7) is 4.12. The highest BCUT2D eigenvalue weighted by Gasteiger charge is 2.16. The SMILES string of the molecule is CN(Cc1nc(N)c2ccccc2n1)CC1CNCCO1. The lowest BCUT2D eigenvalue weighted by Crippen LogP contribution is -2.44. The van der Waals surface area contributed by atoms with Crippen molar-refractivity contribution in [3.8, 4) is 0 Å². The molecule has 1 aliphatic heterocycles. The highest BCUT2D eigenvalue weighted by atomic mass is 16.5. The number of benzene rings is 1. The van der Waals surface area contributed by atoms with Gasteiger partial charge in [-0.3, -0.25) is 4.90 Å². The molecule has 0 aliphatic carbocycles. The van der Waals surface area contributed by atoms with Gasteiger partial charge in [-0.25, -0.2) is 9.97 Å². The third-order valence-corrected chi connectivity index (χ3v) is 3.61. The lowest BCUT2D eigenvalue weighted by Gasteiger charge is -2.27. The van der Waals surface area contributed by atoms with E-state index in [1.807, 2.05) is 31.3 Å². The van der Waals surface area contributed by atoms with Crippen LogP contribution in [0.3, 0.4) is 0 Å². The van der Waals surface area contributed by atoms with Gasteiger partial charge in [-0.2, -0.15) is 0 Å². The summed E-state index contributed by atoms with van der Waals surface area (Å²) in [5.74, 6) is 1.29. The number of nitrogens with zero attached hydrogens (tertiary/aromatic N) is 3. The minimum absolute atomic E-state index is 0.224. The van der Waals surface area contributed by atoms with Gasteiger partial charge in [-0.1, -0.05) is 12.1 Å². The van der Waals surface area contributed by atoms with Crippen molar-refractivity contribution in [1.29, 1.82) is 0 Å². The number of hydrogen-bond donors (Lipinski definition) is 2. The van der Waals surface area contributed by atoms with E-state index >= 15 is 0 Å². The van der Waals surface area contributed by atoms with E-state index in [1.165, 1.54) is 0 Å². The second-order valence-corrected chi connectivity index (χ2v) is 5.44. The van der Waals surface area contributed by atoms with Gasteiger partial charge >= 0.3 is 0 Å². The molecule has 21 heavy (non-hydrogen) atoms. The van der Waals surface area contributed by atoms with E-state index < -0.39 is 0 Å². The smallest absolute Gasteiger partial charge is 0.145 e. The maximum Gasteiger partial charge on any atom is 0.145 e. The fourth-order valence-electron chi connectivity index (χ4n) is 2.61. The monoisotopic (exact) mass is 287 g/mol. The van der Waals surface area contributed by atoms with Crippen molar-refractivity contribution < 1.29 is 4.74 Å². The van der Waals surface area contributed by atoms with E-state index in [0.717, 1.165) is 43.0 Å². The minimum Gasteiger partial charge on any atom is -0.383 e. The highest BCUT2D eigenvalue weighted by molar-refractivity contribution is 5.87. The molecule has 0 bridgehead atoms. The molecule has 6 nitrogen and oxygen atoms in total. The second kappa shape index (κ2) is 6.34. The van der Waals surface area contributed by atoms with Gasteiger partial charge in [0.05, 0.1) is 24.8 Å². The van der Waals surface area contributed by atoms with Crippen LogP contribution in [-0.2, 0) is 11.3 Å². The van der Waals surface area contributed by atoms with Crippen LogP contribution in [-0.4, -0.2) is 54.3 Å². The minimum atomic E-state index is 0.224. The van der Waals surface area contributed by atoms with E-state index in [4.69, 9.17) is 10.5 Å². The van der Waals surface area contributed by atoms with Crippen LogP contribution >= 0.6 is 0 Å². The maximum absolute atomic E-state index is 6.01. The van der Waals surface area contributed by atoms with E-state index in [-0.39, 0.29) is 6.10 Å². The Labute approximate surface area is 124 Å². The number of rotatable bonds is 4. The first-order chi connectivity index (χ1) is 10.2. The van der Waals surface area contributed by atoms with Crippen molar-refractivity contribution >= 4 is 16.7 Å². The number of nitrogen functional groups attached to an aromatic ring is 1. The van der Waals surface area contributed by atoms with Gasteiger partial charge in [0.1, 0.15) is 11.6 Å². The Balaban J connectivity index is 1.69. The number of ether oxygens (including phenoxy) is 1. The summed E-state index contributed by atoms with van der Waals surface area (Å²) in [6, 6.07) is 7.82. The van der Waals surface area contributed by atoms with Crippen molar-refractivity contribution in [2.24, 2.45) is 0 Å². The third-order valence-electron chi connectivity index (χ3n) is 3.61. The summed E-state index contributed by atoms with van der Waals surface area (Å²) in [6.07, 6.45) is 0.224. The van der Waals surface area contributed by atoms with Gasteiger partial charge in [0.15, 0.2) is 0 Å². The van der Waals surface area contributed by atoms with E-state index in [2.05, 4.69) is 20.2 Å². The van der Waals surface area contributed by atoms with Gasteiger partial charge in [0, 0.05) is 25.0 Å².